The van der Waals surface area contributed by atoms with E-state index in [0.29, 0.717) is 16.3 Å². The van der Waals surface area contributed by atoms with E-state index in [0.717, 1.165) is 5.69 Å². The normalized spacial score (nSPS) is 11.6. The van der Waals surface area contributed by atoms with Crippen LogP contribution in [0.4, 0.5) is 11.4 Å². The molecule has 1 amide bonds. The van der Waals surface area contributed by atoms with Gasteiger partial charge in [-0.05, 0) is 42.8 Å². The molecule has 126 valence electrons. The quantitative estimate of drug-likeness (QED) is 0.667. The zero-order chi connectivity index (χ0) is 17.6. The van der Waals surface area contributed by atoms with Crippen molar-refractivity contribution in [1.29, 1.82) is 0 Å². The van der Waals surface area contributed by atoms with Gasteiger partial charge in [-0.2, -0.15) is 0 Å². The van der Waals surface area contributed by atoms with E-state index in [4.69, 9.17) is 11.6 Å². The summed E-state index contributed by atoms with van der Waals surface area (Å²) in [7, 11) is 0. The lowest BCUT2D eigenvalue weighted by molar-refractivity contribution is 0.102. The monoisotopic (exact) mass is 351 g/mol. The minimum absolute atomic E-state index is 0.120. The van der Waals surface area contributed by atoms with Gasteiger partial charge in [0.15, 0.2) is 0 Å². The summed E-state index contributed by atoms with van der Waals surface area (Å²) in [4.78, 5) is 16.1. The molecular formula is C20H18ClN3O. The van der Waals surface area contributed by atoms with Crippen molar-refractivity contribution >= 4 is 28.9 Å². The number of carbonyl (C=O) groups excluding carboxylic acids is 1. The Hall–Kier alpha value is -2.85. The lowest BCUT2D eigenvalue weighted by Crippen LogP contribution is -2.12. The Balaban J connectivity index is 1.70. The third-order valence-electron chi connectivity index (χ3n) is 3.82. The van der Waals surface area contributed by atoms with Crippen LogP contribution >= 0.6 is 11.6 Å². The van der Waals surface area contributed by atoms with Crippen LogP contribution in [0.15, 0.2) is 73.1 Å². The fraction of sp³-hybridized carbons (Fsp3) is 0.100. The van der Waals surface area contributed by atoms with Crippen molar-refractivity contribution in [1.82, 2.24) is 4.98 Å². The molecule has 0 aliphatic rings. The molecule has 0 radical (unpaired) electrons. The van der Waals surface area contributed by atoms with Gasteiger partial charge in [-0.1, -0.05) is 41.9 Å². The fourth-order valence-electron chi connectivity index (χ4n) is 2.47. The first-order chi connectivity index (χ1) is 12.1. The van der Waals surface area contributed by atoms with Crippen molar-refractivity contribution in [3.8, 4) is 0 Å². The number of carbonyl (C=O) groups is 1. The summed E-state index contributed by atoms with van der Waals surface area (Å²) in [5.41, 5.74) is 3.13. The van der Waals surface area contributed by atoms with Crippen molar-refractivity contribution in [2.24, 2.45) is 0 Å². The number of hydrogen-bond donors (Lipinski definition) is 2. The summed E-state index contributed by atoms with van der Waals surface area (Å²) in [6, 6.07) is 19.1. The van der Waals surface area contributed by atoms with E-state index in [9.17, 15) is 4.79 Å². The Labute approximate surface area is 151 Å². The van der Waals surface area contributed by atoms with Crippen LogP contribution in [0.2, 0.25) is 5.02 Å². The molecule has 0 saturated carbocycles. The van der Waals surface area contributed by atoms with Gasteiger partial charge in [0.25, 0.3) is 5.91 Å². The molecule has 4 nitrogen and oxygen atoms in total. The molecule has 1 aromatic heterocycles. The second-order valence-corrected chi connectivity index (χ2v) is 6.07. The van der Waals surface area contributed by atoms with E-state index in [1.807, 2.05) is 30.3 Å². The molecule has 1 heterocycles. The SMILES string of the molecule is CC(Nc1ccc(NC(=O)c2cccnc2)cc1Cl)c1ccccc1. The number of benzene rings is 2. The molecule has 0 saturated heterocycles. The maximum Gasteiger partial charge on any atom is 0.257 e. The largest absolute Gasteiger partial charge is 0.377 e. The third-order valence-corrected chi connectivity index (χ3v) is 4.13. The Morgan fingerprint density at radius 1 is 1.08 bits per heavy atom. The van der Waals surface area contributed by atoms with Gasteiger partial charge in [0.2, 0.25) is 0 Å². The number of pyridine rings is 1. The number of halogens is 1. The Morgan fingerprint density at radius 3 is 2.56 bits per heavy atom. The molecule has 3 rings (SSSR count). The summed E-state index contributed by atoms with van der Waals surface area (Å²) in [5, 5.41) is 6.75. The van der Waals surface area contributed by atoms with E-state index in [1.54, 1.807) is 24.4 Å². The second kappa shape index (κ2) is 7.81. The third kappa shape index (κ3) is 4.37. The first kappa shape index (κ1) is 17.0. The molecule has 1 atom stereocenters. The Bertz CT molecular complexity index is 853. The number of aromatic nitrogens is 1. The maximum atomic E-state index is 12.2. The van der Waals surface area contributed by atoms with E-state index < -0.39 is 0 Å². The smallest absolute Gasteiger partial charge is 0.257 e. The molecule has 1 unspecified atom stereocenters. The zero-order valence-corrected chi connectivity index (χ0v) is 14.5. The number of rotatable bonds is 5. The van der Waals surface area contributed by atoms with Gasteiger partial charge in [-0.15, -0.1) is 0 Å². The van der Waals surface area contributed by atoms with E-state index in [2.05, 4.69) is 34.7 Å². The maximum absolute atomic E-state index is 12.2. The molecule has 0 aliphatic heterocycles. The van der Waals surface area contributed by atoms with Crippen LogP contribution in [0.1, 0.15) is 28.9 Å². The first-order valence-electron chi connectivity index (χ1n) is 7.96. The second-order valence-electron chi connectivity index (χ2n) is 5.67. The summed E-state index contributed by atoms with van der Waals surface area (Å²) in [6.45, 7) is 2.07. The van der Waals surface area contributed by atoms with Crippen molar-refractivity contribution in [3.63, 3.8) is 0 Å². The van der Waals surface area contributed by atoms with Crippen LogP contribution in [0.5, 0.6) is 0 Å². The van der Waals surface area contributed by atoms with E-state index in [1.165, 1.54) is 11.8 Å². The number of anilines is 2. The first-order valence-corrected chi connectivity index (χ1v) is 8.33. The number of nitrogens with zero attached hydrogens (tertiary/aromatic N) is 1. The predicted octanol–water partition coefficient (Wildman–Crippen LogP) is 5.16. The number of hydrogen-bond acceptors (Lipinski definition) is 3. The van der Waals surface area contributed by atoms with Crippen LogP contribution in [-0.4, -0.2) is 10.9 Å². The van der Waals surface area contributed by atoms with Crippen LogP contribution in [0.25, 0.3) is 0 Å². The van der Waals surface area contributed by atoms with Gasteiger partial charge in [0.05, 0.1) is 16.3 Å². The van der Waals surface area contributed by atoms with Crippen molar-refractivity contribution in [2.75, 3.05) is 10.6 Å². The lowest BCUT2D eigenvalue weighted by Gasteiger charge is -2.17. The molecule has 0 bridgehead atoms. The highest BCUT2D eigenvalue weighted by atomic mass is 35.5. The highest BCUT2D eigenvalue weighted by Gasteiger charge is 2.10. The summed E-state index contributed by atoms with van der Waals surface area (Å²) >= 11 is 6.36. The zero-order valence-electron chi connectivity index (χ0n) is 13.7. The fourth-order valence-corrected chi connectivity index (χ4v) is 2.70. The average Bonchev–Trinajstić information content (AvgIpc) is 2.65. The predicted molar refractivity (Wildman–Crippen MR) is 102 cm³/mol. The van der Waals surface area contributed by atoms with Gasteiger partial charge in [-0.3, -0.25) is 9.78 Å². The molecule has 2 aromatic carbocycles. The van der Waals surface area contributed by atoms with Crippen molar-refractivity contribution in [3.05, 3.63) is 89.2 Å². The van der Waals surface area contributed by atoms with Gasteiger partial charge in [0.1, 0.15) is 0 Å². The van der Waals surface area contributed by atoms with Crippen LogP contribution in [0.3, 0.4) is 0 Å². The average molecular weight is 352 g/mol. The van der Waals surface area contributed by atoms with Gasteiger partial charge in [0, 0.05) is 24.1 Å². The lowest BCUT2D eigenvalue weighted by atomic mass is 10.1. The standard InChI is InChI=1S/C20H18ClN3O/c1-14(15-6-3-2-4-7-15)23-19-10-9-17(12-18(19)21)24-20(25)16-8-5-11-22-13-16/h2-14,23H,1H3,(H,24,25). The topological polar surface area (TPSA) is 54.0 Å². The van der Waals surface area contributed by atoms with Crippen LogP contribution in [-0.2, 0) is 0 Å². The summed E-state index contributed by atoms with van der Waals surface area (Å²) < 4.78 is 0. The van der Waals surface area contributed by atoms with Crippen molar-refractivity contribution < 1.29 is 4.79 Å². The molecule has 2 N–H and O–H groups in total. The van der Waals surface area contributed by atoms with Crippen molar-refractivity contribution in [2.45, 2.75) is 13.0 Å². The Kier molecular flexibility index (Phi) is 5.31. The minimum atomic E-state index is -0.220. The van der Waals surface area contributed by atoms with E-state index in [-0.39, 0.29) is 11.9 Å². The molecule has 25 heavy (non-hydrogen) atoms. The molecule has 0 spiro atoms. The van der Waals surface area contributed by atoms with E-state index >= 15 is 0 Å². The highest BCUT2D eigenvalue weighted by Crippen LogP contribution is 2.29. The minimum Gasteiger partial charge on any atom is -0.377 e. The summed E-state index contributed by atoms with van der Waals surface area (Å²) in [6.07, 6.45) is 3.15. The van der Waals surface area contributed by atoms with Gasteiger partial charge >= 0.3 is 0 Å². The van der Waals surface area contributed by atoms with Crippen LogP contribution in [0, 0.1) is 0 Å². The number of amides is 1. The molecule has 0 aliphatic carbocycles. The van der Waals surface area contributed by atoms with Crippen LogP contribution < -0.4 is 10.6 Å². The highest BCUT2D eigenvalue weighted by molar-refractivity contribution is 6.33. The summed E-state index contributed by atoms with van der Waals surface area (Å²) in [5.74, 6) is -0.220. The molecule has 0 fully saturated rings. The molecule has 5 heteroatoms. The molecular weight excluding hydrogens is 334 g/mol. The number of nitrogens with one attached hydrogen (secondary N) is 2. The molecule has 3 aromatic rings. The van der Waals surface area contributed by atoms with Gasteiger partial charge < -0.3 is 10.6 Å². The Morgan fingerprint density at radius 2 is 1.88 bits per heavy atom. The van der Waals surface area contributed by atoms with Gasteiger partial charge in [-0.25, -0.2) is 0 Å².